The lowest BCUT2D eigenvalue weighted by molar-refractivity contribution is 0.134. The molecule has 2 fully saturated rings. The first-order valence-electron chi connectivity index (χ1n) is 8.47. The quantitative estimate of drug-likeness (QED) is 0.826. The molecule has 1 aromatic rings. The van der Waals surface area contributed by atoms with Crippen LogP contribution in [0.3, 0.4) is 0 Å². The highest BCUT2D eigenvalue weighted by Gasteiger charge is 2.39. The highest BCUT2D eigenvalue weighted by atomic mass is 15.2. The zero-order valence-electron chi connectivity index (χ0n) is 12.4. The van der Waals surface area contributed by atoms with Crippen molar-refractivity contribution < 1.29 is 0 Å². The van der Waals surface area contributed by atoms with Crippen molar-refractivity contribution >= 4 is 5.69 Å². The second-order valence-electron chi connectivity index (χ2n) is 7.00. The van der Waals surface area contributed by atoms with Crippen molar-refractivity contribution in [2.24, 2.45) is 5.92 Å². The van der Waals surface area contributed by atoms with Crippen LogP contribution in [-0.4, -0.2) is 17.5 Å². The lowest BCUT2D eigenvalue weighted by Gasteiger charge is -2.34. The first kappa shape index (κ1) is 12.7. The molecule has 0 aromatic heterocycles. The minimum Gasteiger partial charge on any atom is -0.399 e. The van der Waals surface area contributed by atoms with E-state index in [9.17, 15) is 0 Å². The highest BCUT2D eigenvalue weighted by molar-refractivity contribution is 5.47. The summed E-state index contributed by atoms with van der Waals surface area (Å²) < 4.78 is 0. The van der Waals surface area contributed by atoms with Gasteiger partial charge in [0, 0.05) is 17.8 Å². The predicted molar refractivity (Wildman–Crippen MR) is 83.6 cm³/mol. The van der Waals surface area contributed by atoms with Gasteiger partial charge in [0.25, 0.3) is 0 Å². The zero-order valence-corrected chi connectivity index (χ0v) is 12.4. The van der Waals surface area contributed by atoms with Crippen molar-refractivity contribution in [1.29, 1.82) is 0 Å². The van der Waals surface area contributed by atoms with Crippen molar-refractivity contribution in [3.63, 3.8) is 0 Å². The number of likely N-dealkylation sites (tertiary alicyclic amines) is 1. The molecule has 0 bridgehead atoms. The molecule has 2 atom stereocenters. The third-order valence-corrected chi connectivity index (χ3v) is 5.90. The van der Waals surface area contributed by atoms with Gasteiger partial charge in [0.2, 0.25) is 0 Å². The third kappa shape index (κ3) is 2.05. The maximum Gasteiger partial charge on any atom is 0.0357 e. The van der Waals surface area contributed by atoms with E-state index in [0.29, 0.717) is 6.04 Å². The number of benzene rings is 1. The van der Waals surface area contributed by atoms with E-state index < -0.39 is 0 Å². The van der Waals surface area contributed by atoms with Crippen LogP contribution in [-0.2, 0) is 6.42 Å². The Morgan fingerprint density at radius 1 is 1.00 bits per heavy atom. The maximum atomic E-state index is 5.94. The lowest BCUT2D eigenvalue weighted by atomic mass is 9.94. The van der Waals surface area contributed by atoms with Gasteiger partial charge in [-0.05, 0) is 74.2 Å². The summed E-state index contributed by atoms with van der Waals surface area (Å²) in [4.78, 5) is 2.86. The Kier molecular flexibility index (Phi) is 3.22. The van der Waals surface area contributed by atoms with Gasteiger partial charge in [0.1, 0.15) is 0 Å². The molecule has 1 saturated heterocycles. The SMILES string of the molecule is Nc1ccc2c(c1)CCC2N1CCCC1C1CCCC1. The Hall–Kier alpha value is -1.02. The van der Waals surface area contributed by atoms with Gasteiger partial charge in [-0.2, -0.15) is 0 Å². The van der Waals surface area contributed by atoms with Crippen LogP contribution in [0.15, 0.2) is 18.2 Å². The molecule has 108 valence electrons. The molecule has 2 unspecified atom stereocenters. The number of anilines is 1. The Balaban J connectivity index is 1.59. The molecule has 4 rings (SSSR count). The summed E-state index contributed by atoms with van der Waals surface area (Å²) in [6.45, 7) is 1.32. The van der Waals surface area contributed by atoms with Crippen molar-refractivity contribution in [3.8, 4) is 0 Å². The number of hydrogen-bond acceptors (Lipinski definition) is 2. The summed E-state index contributed by atoms with van der Waals surface area (Å²) in [5.74, 6) is 0.982. The fraction of sp³-hybridized carbons (Fsp3) is 0.667. The number of hydrogen-bond donors (Lipinski definition) is 1. The van der Waals surface area contributed by atoms with Crippen molar-refractivity contribution in [2.45, 2.75) is 63.5 Å². The van der Waals surface area contributed by atoms with Crippen LogP contribution in [0.25, 0.3) is 0 Å². The zero-order chi connectivity index (χ0) is 13.5. The molecular formula is C18H26N2. The number of fused-ring (bicyclic) bond motifs is 1. The fourth-order valence-electron chi connectivity index (χ4n) is 5.01. The van der Waals surface area contributed by atoms with E-state index >= 15 is 0 Å². The Bertz CT molecular complexity index is 490. The number of nitrogen functional groups attached to an aromatic ring is 1. The summed E-state index contributed by atoms with van der Waals surface area (Å²) in [5.41, 5.74) is 9.95. The Labute approximate surface area is 122 Å². The van der Waals surface area contributed by atoms with Gasteiger partial charge in [-0.15, -0.1) is 0 Å². The maximum absolute atomic E-state index is 5.94. The molecule has 1 aliphatic heterocycles. The van der Waals surface area contributed by atoms with Crippen LogP contribution in [0.2, 0.25) is 0 Å². The van der Waals surface area contributed by atoms with Crippen molar-refractivity contribution in [3.05, 3.63) is 29.3 Å². The van der Waals surface area contributed by atoms with Gasteiger partial charge in [-0.3, -0.25) is 4.90 Å². The molecule has 0 amide bonds. The molecule has 1 aromatic carbocycles. The number of nitrogens with two attached hydrogens (primary N) is 1. The molecule has 1 heterocycles. The summed E-state index contributed by atoms with van der Waals surface area (Å²) in [5, 5.41) is 0. The van der Waals surface area contributed by atoms with Gasteiger partial charge in [0.15, 0.2) is 0 Å². The Morgan fingerprint density at radius 2 is 1.85 bits per heavy atom. The number of rotatable bonds is 2. The molecule has 3 aliphatic rings. The predicted octanol–water partition coefficient (Wildman–Crippen LogP) is 3.91. The van der Waals surface area contributed by atoms with Crippen molar-refractivity contribution in [2.75, 3.05) is 12.3 Å². The van der Waals surface area contributed by atoms with E-state index in [0.717, 1.165) is 17.6 Å². The molecule has 0 spiro atoms. The van der Waals surface area contributed by atoms with Gasteiger partial charge in [-0.25, -0.2) is 0 Å². The van der Waals surface area contributed by atoms with E-state index in [-0.39, 0.29) is 0 Å². The van der Waals surface area contributed by atoms with E-state index in [1.54, 1.807) is 5.56 Å². The smallest absolute Gasteiger partial charge is 0.0357 e. The topological polar surface area (TPSA) is 29.3 Å². The van der Waals surface area contributed by atoms with Crippen LogP contribution in [0.5, 0.6) is 0 Å². The first-order valence-corrected chi connectivity index (χ1v) is 8.47. The standard InChI is InChI=1S/C18H26N2/c19-15-8-9-16-14(12-15)7-10-18(16)20-11-3-6-17(20)13-4-1-2-5-13/h8-9,12-13,17-18H,1-7,10-11,19H2. The molecule has 2 aliphatic carbocycles. The van der Waals surface area contributed by atoms with Crippen LogP contribution < -0.4 is 5.73 Å². The first-order chi connectivity index (χ1) is 9.83. The van der Waals surface area contributed by atoms with Gasteiger partial charge >= 0.3 is 0 Å². The van der Waals surface area contributed by atoms with Crippen LogP contribution in [0.4, 0.5) is 5.69 Å². The summed E-state index contributed by atoms with van der Waals surface area (Å²) in [6, 6.07) is 8.14. The molecule has 2 N–H and O–H groups in total. The average molecular weight is 270 g/mol. The van der Waals surface area contributed by atoms with E-state index in [1.807, 2.05) is 0 Å². The fourth-order valence-corrected chi connectivity index (χ4v) is 5.01. The summed E-state index contributed by atoms with van der Waals surface area (Å²) in [7, 11) is 0. The highest BCUT2D eigenvalue weighted by Crippen LogP contribution is 2.44. The number of aryl methyl sites for hydroxylation is 1. The number of nitrogens with zero attached hydrogens (tertiary/aromatic N) is 1. The second-order valence-corrected chi connectivity index (χ2v) is 7.00. The molecule has 1 saturated carbocycles. The van der Waals surface area contributed by atoms with Crippen LogP contribution in [0.1, 0.15) is 62.1 Å². The van der Waals surface area contributed by atoms with Crippen LogP contribution in [0, 0.1) is 5.92 Å². The van der Waals surface area contributed by atoms with E-state index in [2.05, 4.69) is 23.1 Å². The van der Waals surface area contributed by atoms with E-state index in [4.69, 9.17) is 5.73 Å². The van der Waals surface area contributed by atoms with Crippen molar-refractivity contribution in [1.82, 2.24) is 4.90 Å². The lowest BCUT2D eigenvalue weighted by Crippen LogP contribution is -2.36. The second kappa shape index (κ2) is 5.07. The van der Waals surface area contributed by atoms with E-state index in [1.165, 1.54) is 63.5 Å². The van der Waals surface area contributed by atoms with Gasteiger partial charge in [0.05, 0.1) is 0 Å². The monoisotopic (exact) mass is 270 g/mol. The normalized spacial score (nSPS) is 31.0. The molecule has 2 heteroatoms. The summed E-state index contributed by atoms with van der Waals surface area (Å²) >= 11 is 0. The molecular weight excluding hydrogens is 244 g/mol. The van der Waals surface area contributed by atoms with Gasteiger partial charge < -0.3 is 5.73 Å². The van der Waals surface area contributed by atoms with Gasteiger partial charge in [-0.1, -0.05) is 18.9 Å². The third-order valence-electron chi connectivity index (χ3n) is 5.90. The van der Waals surface area contributed by atoms with Crippen LogP contribution >= 0.6 is 0 Å². The summed E-state index contributed by atoms with van der Waals surface area (Å²) in [6.07, 6.45) is 11.2. The Morgan fingerprint density at radius 3 is 2.70 bits per heavy atom. The average Bonchev–Trinajstić information content (AvgIpc) is 3.17. The molecule has 2 nitrogen and oxygen atoms in total. The molecule has 20 heavy (non-hydrogen) atoms. The minimum absolute atomic E-state index is 0.679. The largest absolute Gasteiger partial charge is 0.399 e. The minimum atomic E-state index is 0.679. The molecule has 0 radical (unpaired) electrons.